The number of rotatable bonds is 6. The summed E-state index contributed by atoms with van der Waals surface area (Å²) in [6.45, 7) is 1.72. The topological polar surface area (TPSA) is 53.4 Å². The first-order chi connectivity index (χ1) is 13.0. The quantitative estimate of drug-likeness (QED) is 0.568. The number of benzene rings is 2. The standard InChI is InChI=1S/C22H21F2NO2/c1-14(26)5-3-2-4-6-15-7-10-18(22(24)21(15)23)20-11-8-16-13-17(27)9-12-19(16)25-20/h4,6-14,26-27H,2-3,5H2,1H3/b6-4+. The summed E-state index contributed by atoms with van der Waals surface area (Å²) in [5, 5.41) is 19.4. The predicted octanol–water partition coefficient (Wildman–Crippen LogP) is 5.45. The van der Waals surface area contributed by atoms with Crippen LogP contribution in [-0.4, -0.2) is 21.3 Å². The molecule has 2 aromatic carbocycles. The average Bonchev–Trinajstić information content (AvgIpc) is 2.64. The lowest BCUT2D eigenvalue weighted by Gasteiger charge is -2.07. The molecule has 1 aromatic heterocycles. The number of aromatic hydroxyl groups is 1. The third-order valence-corrected chi connectivity index (χ3v) is 4.35. The maximum Gasteiger partial charge on any atom is 0.168 e. The van der Waals surface area contributed by atoms with Crippen LogP contribution in [0.3, 0.4) is 0 Å². The van der Waals surface area contributed by atoms with E-state index in [9.17, 15) is 19.0 Å². The van der Waals surface area contributed by atoms with Gasteiger partial charge in [-0.2, -0.15) is 0 Å². The van der Waals surface area contributed by atoms with Gasteiger partial charge >= 0.3 is 0 Å². The Bertz CT molecular complexity index is 983. The number of pyridine rings is 1. The van der Waals surface area contributed by atoms with E-state index in [1.807, 2.05) is 0 Å². The van der Waals surface area contributed by atoms with E-state index < -0.39 is 11.6 Å². The van der Waals surface area contributed by atoms with Crippen molar-refractivity contribution >= 4 is 17.0 Å². The zero-order valence-electron chi connectivity index (χ0n) is 15.0. The zero-order valence-corrected chi connectivity index (χ0v) is 15.0. The lowest BCUT2D eigenvalue weighted by Crippen LogP contribution is -1.97. The van der Waals surface area contributed by atoms with Crippen LogP contribution in [-0.2, 0) is 0 Å². The molecule has 3 nitrogen and oxygen atoms in total. The molecule has 0 aliphatic carbocycles. The molecule has 0 saturated heterocycles. The molecule has 1 heterocycles. The van der Waals surface area contributed by atoms with Crippen molar-refractivity contribution in [3.8, 4) is 17.0 Å². The minimum Gasteiger partial charge on any atom is -0.508 e. The zero-order chi connectivity index (χ0) is 19.4. The average molecular weight is 369 g/mol. The molecule has 1 unspecified atom stereocenters. The molecule has 0 amide bonds. The van der Waals surface area contributed by atoms with E-state index in [0.29, 0.717) is 24.1 Å². The van der Waals surface area contributed by atoms with E-state index in [-0.39, 0.29) is 23.0 Å². The molecule has 0 saturated carbocycles. The molecular weight excluding hydrogens is 348 g/mol. The normalized spacial score (nSPS) is 12.7. The fourth-order valence-corrected chi connectivity index (χ4v) is 2.90. The molecule has 140 valence electrons. The Morgan fingerprint density at radius 2 is 1.89 bits per heavy atom. The molecule has 0 aliphatic heterocycles. The SMILES string of the molecule is CC(O)CCC/C=C/c1ccc(-c2ccc3cc(O)ccc3n2)c(F)c1F. The van der Waals surface area contributed by atoms with Crippen molar-refractivity contribution in [1.29, 1.82) is 0 Å². The van der Waals surface area contributed by atoms with E-state index in [1.54, 1.807) is 43.3 Å². The maximum absolute atomic E-state index is 14.6. The van der Waals surface area contributed by atoms with Gasteiger partial charge in [0, 0.05) is 16.5 Å². The summed E-state index contributed by atoms with van der Waals surface area (Å²) in [5.41, 5.74) is 1.19. The van der Waals surface area contributed by atoms with E-state index in [2.05, 4.69) is 4.98 Å². The first kappa shape index (κ1) is 19.0. The molecule has 3 aromatic rings. The highest BCUT2D eigenvalue weighted by molar-refractivity contribution is 5.83. The molecule has 5 heteroatoms. The number of aromatic nitrogens is 1. The van der Waals surface area contributed by atoms with Crippen molar-refractivity contribution in [2.75, 3.05) is 0 Å². The number of fused-ring (bicyclic) bond motifs is 1. The fraction of sp³-hybridized carbons (Fsp3) is 0.227. The van der Waals surface area contributed by atoms with Crippen molar-refractivity contribution in [2.45, 2.75) is 32.3 Å². The van der Waals surface area contributed by atoms with Crippen molar-refractivity contribution in [3.63, 3.8) is 0 Å². The third-order valence-electron chi connectivity index (χ3n) is 4.35. The highest BCUT2D eigenvalue weighted by Gasteiger charge is 2.14. The van der Waals surface area contributed by atoms with Gasteiger partial charge < -0.3 is 10.2 Å². The molecular formula is C22H21F2NO2. The minimum absolute atomic E-state index is 0.0914. The second kappa shape index (κ2) is 8.27. The lowest BCUT2D eigenvalue weighted by atomic mass is 10.0. The Balaban J connectivity index is 1.84. The van der Waals surface area contributed by atoms with Gasteiger partial charge in [0.1, 0.15) is 5.75 Å². The summed E-state index contributed by atoms with van der Waals surface area (Å²) >= 11 is 0. The smallest absolute Gasteiger partial charge is 0.168 e. The Labute approximate surface area is 156 Å². The first-order valence-corrected chi connectivity index (χ1v) is 8.88. The molecule has 27 heavy (non-hydrogen) atoms. The molecule has 1 atom stereocenters. The molecule has 0 fully saturated rings. The van der Waals surface area contributed by atoms with Crippen LogP contribution in [0, 0.1) is 11.6 Å². The van der Waals surface area contributed by atoms with Crippen LogP contribution in [0.2, 0.25) is 0 Å². The van der Waals surface area contributed by atoms with Gasteiger partial charge in [-0.1, -0.05) is 24.3 Å². The number of hydrogen-bond acceptors (Lipinski definition) is 3. The van der Waals surface area contributed by atoms with Gasteiger partial charge in [-0.05, 0) is 56.5 Å². The largest absolute Gasteiger partial charge is 0.508 e. The van der Waals surface area contributed by atoms with Gasteiger partial charge in [0.05, 0.1) is 17.3 Å². The van der Waals surface area contributed by atoms with Gasteiger partial charge in [0.15, 0.2) is 11.6 Å². The van der Waals surface area contributed by atoms with Crippen molar-refractivity contribution in [1.82, 2.24) is 4.98 Å². The number of allylic oxidation sites excluding steroid dienone is 1. The number of phenolic OH excluding ortho intramolecular Hbond substituents is 1. The van der Waals surface area contributed by atoms with Crippen LogP contribution in [0.4, 0.5) is 8.78 Å². The Hall–Kier alpha value is -2.79. The van der Waals surface area contributed by atoms with E-state index in [1.165, 1.54) is 18.2 Å². The number of nitrogens with zero attached hydrogens (tertiary/aromatic N) is 1. The molecule has 2 N–H and O–H groups in total. The van der Waals surface area contributed by atoms with Crippen molar-refractivity contribution in [3.05, 3.63) is 65.7 Å². The Kier molecular flexibility index (Phi) is 5.81. The minimum atomic E-state index is -0.938. The van der Waals surface area contributed by atoms with Gasteiger partial charge in [-0.3, -0.25) is 0 Å². The Morgan fingerprint density at radius 3 is 2.67 bits per heavy atom. The van der Waals surface area contributed by atoms with Gasteiger partial charge in [-0.15, -0.1) is 0 Å². The monoisotopic (exact) mass is 369 g/mol. The Morgan fingerprint density at radius 1 is 1.07 bits per heavy atom. The molecule has 3 rings (SSSR count). The summed E-state index contributed by atoms with van der Waals surface area (Å²) in [5.74, 6) is -1.72. The summed E-state index contributed by atoms with van der Waals surface area (Å²) in [7, 11) is 0. The van der Waals surface area contributed by atoms with Crippen LogP contribution in [0.15, 0.2) is 48.5 Å². The van der Waals surface area contributed by atoms with Crippen LogP contribution < -0.4 is 0 Å². The fourth-order valence-electron chi connectivity index (χ4n) is 2.90. The highest BCUT2D eigenvalue weighted by Crippen LogP contribution is 2.28. The van der Waals surface area contributed by atoms with E-state index >= 15 is 0 Å². The van der Waals surface area contributed by atoms with E-state index in [0.717, 1.165) is 11.8 Å². The molecule has 0 radical (unpaired) electrons. The number of aliphatic hydroxyl groups excluding tert-OH is 1. The van der Waals surface area contributed by atoms with Crippen LogP contribution in [0.1, 0.15) is 31.7 Å². The molecule has 0 aliphatic rings. The summed E-state index contributed by atoms with van der Waals surface area (Å²) in [6.07, 6.45) is 5.12. The lowest BCUT2D eigenvalue weighted by molar-refractivity contribution is 0.182. The van der Waals surface area contributed by atoms with E-state index in [4.69, 9.17) is 0 Å². The predicted molar refractivity (Wildman–Crippen MR) is 103 cm³/mol. The summed E-state index contributed by atoms with van der Waals surface area (Å²) < 4.78 is 29.0. The third kappa shape index (κ3) is 4.49. The number of unbranched alkanes of at least 4 members (excludes halogenated alkanes) is 1. The molecule has 0 bridgehead atoms. The van der Waals surface area contributed by atoms with Crippen LogP contribution in [0.25, 0.3) is 28.2 Å². The van der Waals surface area contributed by atoms with Crippen molar-refractivity contribution in [2.24, 2.45) is 0 Å². The molecule has 0 spiro atoms. The number of phenols is 1. The first-order valence-electron chi connectivity index (χ1n) is 8.88. The second-order valence-electron chi connectivity index (χ2n) is 6.59. The number of hydrogen-bond donors (Lipinski definition) is 2. The van der Waals surface area contributed by atoms with Gasteiger partial charge in [0.2, 0.25) is 0 Å². The highest BCUT2D eigenvalue weighted by atomic mass is 19.2. The van der Waals surface area contributed by atoms with Gasteiger partial charge in [-0.25, -0.2) is 13.8 Å². The van der Waals surface area contributed by atoms with Crippen LogP contribution in [0.5, 0.6) is 5.75 Å². The number of aliphatic hydroxyl groups is 1. The number of halogens is 2. The maximum atomic E-state index is 14.6. The van der Waals surface area contributed by atoms with Gasteiger partial charge in [0.25, 0.3) is 0 Å². The van der Waals surface area contributed by atoms with Crippen LogP contribution >= 0.6 is 0 Å². The summed E-state index contributed by atoms with van der Waals surface area (Å²) in [4.78, 5) is 4.36. The summed E-state index contributed by atoms with van der Waals surface area (Å²) in [6, 6.07) is 11.1. The van der Waals surface area contributed by atoms with Crippen molar-refractivity contribution < 1.29 is 19.0 Å². The second-order valence-corrected chi connectivity index (χ2v) is 6.59.